The van der Waals surface area contributed by atoms with Crippen molar-refractivity contribution in [1.82, 2.24) is 14.9 Å². The highest BCUT2D eigenvalue weighted by atomic mass is 15.4. The van der Waals surface area contributed by atoms with Gasteiger partial charge in [0.15, 0.2) is 5.82 Å². The molecule has 1 aromatic rings. The van der Waals surface area contributed by atoms with Crippen LogP contribution in [-0.2, 0) is 0 Å². The van der Waals surface area contributed by atoms with E-state index in [9.17, 15) is 0 Å². The van der Waals surface area contributed by atoms with Gasteiger partial charge in [0, 0.05) is 5.92 Å². The van der Waals surface area contributed by atoms with E-state index < -0.39 is 0 Å². The number of hydrogen-bond acceptors (Lipinski definition) is 5. The van der Waals surface area contributed by atoms with Crippen LogP contribution in [0, 0.1) is 5.92 Å². The van der Waals surface area contributed by atoms with Crippen LogP contribution in [0.4, 0.5) is 5.95 Å². The predicted molar refractivity (Wildman–Crippen MR) is 58.3 cm³/mol. The molecule has 0 amide bonds. The highest BCUT2D eigenvalue weighted by molar-refractivity contribution is 5.19. The topological polar surface area (TPSA) is 109 Å². The molecule has 6 nitrogen and oxygen atoms in total. The molecule has 15 heavy (non-hydrogen) atoms. The summed E-state index contributed by atoms with van der Waals surface area (Å²) >= 11 is 0. The van der Waals surface area contributed by atoms with E-state index in [0.717, 1.165) is 38.1 Å². The molecule has 6 N–H and O–H groups in total. The average molecular weight is 210 g/mol. The van der Waals surface area contributed by atoms with E-state index >= 15 is 0 Å². The summed E-state index contributed by atoms with van der Waals surface area (Å²) in [5.74, 6) is 7.89. The Labute approximate surface area is 88.8 Å². The molecule has 1 saturated carbocycles. The summed E-state index contributed by atoms with van der Waals surface area (Å²) in [5, 5.41) is 7.79. The second kappa shape index (κ2) is 4.06. The molecule has 0 aliphatic heterocycles. The van der Waals surface area contributed by atoms with Crippen molar-refractivity contribution in [3.8, 4) is 0 Å². The third kappa shape index (κ3) is 1.90. The Morgan fingerprint density at radius 2 is 1.87 bits per heavy atom. The second-order valence-electron chi connectivity index (χ2n) is 4.24. The van der Waals surface area contributed by atoms with E-state index in [1.807, 2.05) is 0 Å². The fraction of sp³-hybridized carbons (Fsp3) is 0.778. The van der Waals surface area contributed by atoms with Crippen molar-refractivity contribution in [1.29, 1.82) is 0 Å². The maximum atomic E-state index is 5.74. The van der Waals surface area contributed by atoms with Gasteiger partial charge in [-0.2, -0.15) is 0 Å². The van der Waals surface area contributed by atoms with Crippen LogP contribution < -0.4 is 17.3 Å². The van der Waals surface area contributed by atoms with Gasteiger partial charge in [-0.3, -0.25) is 0 Å². The largest absolute Gasteiger partial charge is 0.366 e. The fourth-order valence-electron chi connectivity index (χ4n) is 2.25. The third-order valence-corrected chi connectivity index (χ3v) is 3.29. The van der Waals surface area contributed by atoms with Gasteiger partial charge in [-0.1, -0.05) is 0 Å². The van der Waals surface area contributed by atoms with E-state index in [1.54, 1.807) is 0 Å². The van der Waals surface area contributed by atoms with Crippen LogP contribution in [0.2, 0.25) is 0 Å². The Balaban J connectivity index is 2.04. The Bertz CT molecular complexity index is 325. The number of nitrogens with two attached hydrogens (primary N) is 3. The van der Waals surface area contributed by atoms with Crippen LogP contribution in [-0.4, -0.2) is 21.4 Å². The minimum atomic E-state index is 0.283. The van der Waals surface area contributed by atoms with Gasteiger partial charge in [0.25, 0.3) is 0 Å². The van der Waals surface area contributed by atoms with Gasteiger partial charge in [-0.05, 0) is 38.1 Å². The van der Waals surface area contributed by atoms with Crippen molar-refractivity contribution in [3.05, 3.63) is 5.82 Å². The number of aromatic nitrogens is 3. The molecule has 1 aromatic heterocycles. The SMILES string of the molecule is NCC1CCC(c2nnc(N)n2N)CC1. The molecule has 0 radical (unpaired) electrons. The number of hydrogen-bond donors (Lipinski definition) is 3. The van der Waals surface area contributed by atoms with Crippen LogP contribution in [0.1, 0.15) is 37.4 Å². The Morgan fingerprint density at radius 3 is 2.33 bits per heavy atom. The maximum Gasteiger partial charge on any atom is 0.240 e. The summed E-state index contributed by atoms with van der Waals surface area (Å²) in [6, 6.07) is 0. The van der Waals surface area contributed by atoms with Gasteiger partial charge in [-0.25, -0.2) is 4.68 Å². The lowest BCUT2D eigenvalue weighted by Crippen LogP contribution is -2.24. The summed E-state index contributed by atoms with van der Waals surface area (Å²) < 4.78 is 1.40. The molecule has 0 bridgehead atoms. The molecule has 0 aromatic carbocycles. The van der Waals surface area contributed by atoms with Gasteiger partial charge in [0.2, 0.25) is 5.95 Å². The van der Waals surface area contributed by atoms with Crippen LogP contribution >= 0.6 is 0 Å². The molecule has 0 unspecified atom stereocenters. The first-order valence-corrected chi connectivity index (χ1v) is 5.38. The summed E-state index contributed by atoms with van der Waals surface area (Å²) in [7, 11) is 0. The third-order valence-electron chi connectivity index (χ3n) is 3.29. The van der Waals surface area contributed by atoms with E-state index in [-0.39, 0.29) is 5.95 Å². The molecule has 84 valence electrons. The fourth-order valence-corrected chi connectivity index (χ4v) is 2.25. The zero-order valence-electron chi connectivity index (χ0n) is 8.76. The predicted octanol–water partition coefficient (Wildman–Crippen LogP) is -0.193. The van der Waals surface area contributed by atoms with Crippen LogP contribution in [0.5, 0.6) is 0 Å². The lowest BCUT2D eigenvalue weighted by Gasteiger charge is -2.26. The quantitative estimate of drug-likeness (QED) is 0.586. The van der Waals surface area contributed by atoms with Crippen LogP contribution in [0.25, 0.3) is 0 Å². The maximum absolute atomic E-state index is 5.74. The summed E-state index contributed by atoms with van der Waals surface area (Å²) in [6.07, 6.45) is 4.45. The molecule has 0 atom stereocenters. The lowest BCUT2D eigenvalue weighted by molar-refractivity contribution is 0.323. The van der Waals surface area contributed by atoms with Crippen LogP contribution in [0.3, 0.4) is 0 Å². The lowest BCUT2D eigenvalue weighted by atomic mass is 9.82. The second-order valence-corrected chi connectivity index (χ2v) is 4.24. The minimum absolute atomic E-state index is 0.283. The zero-order chi connectivity index (χ0) is 10.8. The number of nitrogens with zero attached hydrogens (tertiary/aromatic N) is 3. The Kier molecular flexibility index (Phi) is 2.77. The number of anilines is 1. The van der Waals surface area contributed by atoms with Crippen LogP contribution in [0.15, 0.2) is 0 Å². The van der Waals surface area contributed by atoms with Crippen molar-refractivity contribution < 1.29 is 0 Å². The monoisotopic (exact) mass is 210 g/mol. The van der Waals surface area contributed by atoms with E-state index in [0.29, 0.717) is 11.8 Å². The molecule has 1 aliphatic rings. The average Bonchev–Trinajstić information content (AvgIpc) is 2.60. The molecule has 6 heteroatoms. The standard InChI is InChI=1S/C9H18N6/c10-5-6-1-3-7(4-2-6)8-13-14-9(11)15(8)12/h6-7H,1-5,10,12H2,(H2,11,14). The summed E-state index contributed by atoms with van der Waals surface area (Å²) in [5.41, 5.74) is 11.2. The van der Waals surface area contributed by atoms with Gasteiger partial charge >= 0.3 is 0 Å². The van der Waals surface area contributed by atoms with Gasteiger partial charge in [0.05, 0.1) is 0 Å². The highest BCUT2D eigenvalue weighted by Gasteiger charge is 2.25. The zero-order valence-corrected chi connectivity index (χ0v) is 8.76. The molecule has 1 heterocycles. The van der Waals surface area contributed by atoms with Crippen molar-refractivity contribution >= 4 is 5.95 Å². The molecule has 1 aliphatic carbocycles. The normalized spacial score (nSPS) is 26.7. The first kappa shape index (κ1) is 10.2. The Hall–Kier alpha value is -1.30. The van der Waals surface area contributed by atoms with Gasteiger partial charge < -0.3 is 17.3 Å². The van der Waals surface area contributed by atoms with Gasteiger partial charge in [0.1, 0.15) is 0 Å². The first-order chi connectivity index (χ1) is 7.22. The van der Waals surface area contributed by atoms with Crippen molar-refractivity contribution in [2.45, 2.75) is 31.6 Å². The molecule has 2 rings (SSSR count). The number of rotatable bonds is 2. The minimum Gasteiger partial charge on any atom is -0.366 e. The van der Waals surface area contributed by atoms with Crippen molar-refractivity contribution in [2.24, 2.45) is 11.7 Å². The Morgan fingerprint density at radius 1 is 1.20 bits per heavy atom. The van der Waals surface area contributed by atoms with Crippen molar-refractivity contribution in [2.75, 3.05) is 18.1 Å². The molecule has 0 saturated heterocycles. The van der Waals surface area contributed by atoms with E-state index in [4.69, 9.17) is 17.3 Å². The van der Waals surface area contributed by atoms with E-state index in [1.165, 1.54) is 4.68 Å². The van der Waals surface area contributed by atoms with Crippen molar-refractivity contribution in [3.63, 3.8) is 0 Å². The first-order valence-electron chi connectivity index (χ1n) is 5.38. The number of nitrogen functional groups attached to an aromatic ring is 2. The molecular formula is C9H18N6. The summed E-state index contributed by atoms with van der Waals surface area (Å²) in [6.45, 7) is 0.782. The van der Waals surface area contributed by atoms with Gasteiger partial charge in [-0.15, -0.1) is 10.2 Å². The summed E-state index contributed by atoms with van der Waals surface area (Å²) in [4.78, 5) is 0. The molecule has 0 spiro atoms. The molecular weight excluding hydrogens is 192 g/mol. The van der Waals surface area contributed by atoms with E-state index in [2.05, 4.69) is 10.2 Å². The molecule has 1 fully saturated rings. The highest BCUT2D eigenvalue weighted by Crippen LogP contribution is 2.34. The smallest absolute Gasteiger partial charge is 0.240 e.